The van der Waals surface area contributed by atoms with Crippen LogP contribution in [0.1, 0.15) is 11.4 Å². The topological polar surface area (TPSA) is 165 Å². The van der Waals surface area contributed by atoms with Crippen LogP contribution in [-0.4, -0.2) is 61.3 Å². The quantitative estimate of drug-likeness (QED) is 0.115. The lowest BCUT2D eigenvalue weighted by atomic mass is 10.2. The number of aliphatic hydroxyl groups excluding tert-OH is 2. The molecule has 2 amide bonds. The second kappa shape index (κ2) is 12.2. The summed E-state index contributed by atoms with van der Waals surface area (Å²) >= 11 is 8.13. The molecule has 0 aliphatic carbocycles. The van der Waals surface area contributed by atoms with E-state index in [2.05, 4.69) is 32.7 Å². The van der Waals surface area contributed by atoms with Crippen molar-refractivity contribution in [3.8, 4) is 0 Å². The lowest BCUT2D eigenvalue weighted by Gasteiger charge is -2.23. The van der Waals surface area contributed by atoms with E-state index in [1.165, 1.54) is 52.3 Å². The Balaban J connectivity index is 1.44. The number of aromatic nitrogens is 1. The second-order valence-electron chi connectivity index (χ2n) is 7.97. The Morgan fingerprint density at radius 2 is 2.03 bits per heavy atom. The molecule has 1 aliphatic heterocycles. The first-order chi connectivity index (χ1) is 18.2. The minimum absolute atomic E-state index is 0.0254. The van der Waals surface area contributed by atoms with Crippen LogP contribution in [0.3, 0.4) is 0 Å². The van der Waals surface area contributed by atoms with Crippen molar-refractivity contribution in [2.45, 2.75) is 12.5 Å². The van der Waals surface area contributed by atoms with E-state index in [1.807, 2.05) is 6.07 Å². The Morgan fingerprint density at radius 3 is 2.68 bits per heavy atom. The number of nitro groups is 1. The fraction of sp³-hybridized carbons (Fsp3) is 0.217. The number of aliphatic imine (C=N–C) groups is 1. The summed E-state index contributed by atoms with van der Waals surface area (Å²) in [6, 6.07) is 10.2. The van der Waals surface area contributed by atoms with Crippen molar-refractivity contribution < 1.29 is 19.9 Å². The molecule has 198 valence electrons. The number of thioether (sulfide) groups is 1. The zero-order valence-corrected chi connectivity index (χ0v) is 22.2. The Labute approximate surface area is 230 Å². The van der Waals surface area contributed by atoms with Crippen LogP contribution in [0.5, 0.6) is 0 Å². The summed E-state index contributed by atoms with van der Waals surface area (Å²) in [4.78, 5) is 33.9. The number of fused-ring (bicyclic) bond motifs is 1. The highest BCUT2D eigenvalue weighted by Crippen LogP contribution is 2.33. The van der Waals surface area contributed by atoms with Crippen LogP contribution in [0.2, 0.25) is 0 Å². The number of amides is 2. The summed E-state index contributed by atoms with van der Waals surface area (Å²) in [6.45, 7) is 3.70. The monoisotopic (exact) mass is 573 g/mol. The predicted octanol–water partition coefficient (Wildman–Crippen LogP) is 3.94. The van der Waals surface area contributed by atoms with E-state index in [1.54, 1.807) is 12.1 Å². The molecule has 0 spiro atoms. The lowest BCUT2D eigenvalue weighted by Crippen LogP contribution is -2.50. The number of nitrogens with one attached hydrogen (secondary N) is 3. The van der Waals surface area contributed by atoms with Crippen LogP contribution < -0.4 is 21.1 Å². The van der Waals surface area contributed by atoms with Gasteiger partial charge in [-0.2, -0.15) is 0 Å². The highest BCUT2D eigenvalue weighted by molar-refractivity contribution is 8.15. The number of thiazole rings is 1. The van der Waals surface area contributed by atoms with Gasteiger partial charge in [0.25, 0.3) is 5.69 Å². The van der Waals surface area contributed by atoms with Crippen LogP contribution >= 0.6 is 35.3 Å². The number of aliphatic hydroxyl groups is 2. The van der Waals surface area contributed by atoms with E-state index in [0.29, 0.717) is 23.5 Å². The standard InChI is InChI=1S/C23H23N7O5S3/c1-13(32)18-12-37-20(26-18)21-25-17-8-7-16(11-19(17)38-21)29(9-2-10-31)23(33)28-27-22(36)24-14-3-5-15(6-4-14)30(34)35/h3-8,11,18,31-32H,1-2,9-10,12H2,(H,28,33)(H2,24,27,36)/t18-/m1/s1. The maximum atomic E-state index is 13.0. The Hall–Kier alpha value is -3.79. The minimum Gasteiger partial charge on any atom is -0.511 e. The number of nitro benzene ring substituents is 1. The van der Waals surface area contributed by atoms with Crippen LogP contribution in [-0.2, 0) is 0 Å². The maximum absolute atomic E-state index is 13.0. The average molecular weight is 574 g/mol. The number of non-ortho nitro benzene ring substituents is 1. The van der Waals surface area contributed by atoms with Gasteiger partial charge in [0.15, 0.2) is 5.11 Å². The summed E-state index contributed by atoms with van der Waals surface area (Å²) in [5.74, 6) is 0.631. The molecule has 0 saturated carbocycles. The number of thiocarbonyl (C=S) groups is 1. The minimum atomic E-state index is -0.504. The highest BCUT2D eigenvalue weighted by Gasteiger charge is 2.24. The molecule has 3 aromatic rings. The first-order valence-electron chi connectivity index (χ1n) is 11.2. The summed E-state index contributed by atoms with van der Waals surface area (Å²) in [6.07, 6.45) is 0.352. The molecular weight excluding hydrogens is 550 g/mol. The largest absolute Gasteiger partial charge is 0.511 e. The van der Waals surface area contributed by atoms with Crippen LogP contribution in [0.4, 0.5) is 21.9 Å². The molecule has 1 aliphatic rings. The van der Waals surface area contributed by atoms with Crippen LogP contribution in [0, 0.1) is 10.1 Å². The molecular formula is C23H23N7O5S3. The molecule has 12 nitrogen and oxygen atoms in total. The van der Waals surface area contributed by atoms with Gasteiger partial charge in [0.2, 0.25) is 0 Å². The molecule has 0 bridgehead atoms. The molecule has 2 heterocycles. The van der Waals surface area contributed by atoms with Crippen LogP contribution in [0.15, 0.2) is 59.8 Å². The molecule has 0 saturated heterocycles. The molecule has 0 fully saturated rings. The Bertz CT molecular complexity index is 1410. The smallest absolute Gasteiger partial charge is 0.340 e. The van der Waals surface area contributed by atoms with Crippen molar-refractivity contribution in [2.75, 3.05) is 29.1 Å². The van der Waals surface area contributed by atoms with Gasteiger partial charge in [-0.15, -0.1) is 23.1 Å². The number of urea groups is 1. The van der Waals surface area contributed by atoms with Gasteiger partial charge >= 0.3 is 6.03 Å². The molecule has 1 atom stereocenters. The van der Waals surface area contributed by atoms with E-state index in [4.69, 9.17) is 12.2 Å². The van der Waals surface area contributed by atoms with Crippen LogP contribution in [0.25, 0.3) is 10.2 Å². The fourth-order valence-electron chi connectivity index (χ4n) is 3.42. The fourth-order valence-corrected chi connectivity index (χ4v) is 5.73. The third-order valence-corrected chi connectivity index (χ3v) is 7.72. The number of hydrogen-bond donors (Lipinski definition) is 5. The van der Waals surface area contributed by atoms with Crippen molar-refractivity contribution in [3.05, 3.63) is 69.9 Å². The number of nitrogens with zero attached hydrogens (tertiary/aromatic N) is 4. The van der Waals surface area contributed by atoms with E-state index in [9.17, 15) is 25.1 Å². The molecule has 15 heteroatoms. The van der Waals surface area contributed by atoms with Crippen molar-refractivity contribution in [3.63, 3.8) is 0 Å². The van der Waals surface area contributed by atoms with Gasteiger partial charge in [-0.25, -0.2) is 15.2 Å². The van der Waals surface area contributed by atoms with Gasteiger partial charge in [0.1, 0.15) is 21.9 Å². The van der Waals surface area contributed by atoms with Crippen molar-refractivity contribution in [1.82, 2.24) is 15.8 Å². The zero-order chi connectivity index (χ0) is 27.2. The number of anilines is 2. The van der Waals surface area contributed by atoms with Crippen molar-refractivity contribution in [2.24, 2.45) is 4.99 Å². The molecule has 0 radical (unpaired) electrons. The van der Waals surface area contributed by atoms with E-state index >= 15 is 0 Å². The van der Waals surface area contributed by atoms with Crippen molar-refractivity contribution in [1.29, 1.82) is 0 Å². The zero-order valence-electron chi connectivity index (χ0n) is 19.8. The number of hydrazine groups is 1. The second-order valence-corrected chi connectivity index (χ2v) is 10.4. The third kappa shape index (κ3) is 6.55. The molecule has 1 aromatic heterocycles. The van der Waals surface area contributed by atoms with Gasteiger partial charge in [0, 0.05) is 42.4 Å². The normalized spacial score (nSPS) is 14.6. The molecule has 5 N–H and O–H groups in total. The number of carbonyl (C=O) groups is 1. The van der Waals surface area contributed by atoms with Gasteiger partial charge < -0.3 is 15.5 Å². The van der Waals surface area contributed by atoms with Crippen molar-refractivity contribution >= 4 is 78.8 Å². The summed E-state index contributed by atoms with van der Waals surface area (Å²) in [7, 11) is 0. The first kappa shape index (κ1) is 27.3. The van der Waals surface area contributed by atoms with E-state index in [0.717, 1.165) is 20.3 Å². The summed E-state index contributed by atoms with van der Waals surface area (Å²) in [5.41, 5.74) is 6.94. The number of benzene rings is 2. The average Bonchev–Trinajstić information content (AvgIpc) is 3.55. The third-order valence-electron chi connectivity index (χ3n) is 5.31. The molecule has 0 unspecified atom stereocenters. The molecule has 38 heavy (non-hydrogen) atoms. The first-order valence-corrected chi connectivity index (χ1v) is 13.5. The van der Waals surface area contributed by atoms with Gasteiger partial charge in [-0.1, -0.05) is 6.58 Å². The van der Waals surface area contributed by atoms with Gasteiger partial charge in [-0.05, 0) is 49.0 Å². The predicted molar refractivity (Wildman–Crippen MR) is 154 cm³/mol. The van der Waals surface area contributed by atoms with Gasteiger partial charge in [-0.3, -0.25) is 25.4 Å². The Kier molecular flexibility index (Phi) is 8.73. The van der Waals surface area contributed by atoms with E-state index < -0.39 is 11.0 Å². The van der Waals surface area contributed by atoms with Gasteiger partial charge in [0.05, 0.1) is 15.1 Å². The maximum Gasteiger partial charge on any atom is 0.340 e. The highest BCUT2D eigenvalue weighted by atomic mass is 32.2. The number of carbonyl (C=O) groups excluding carboxylic acids is 1. The molecule has 4 rings (SSSR count). The Morgan fingerprint density at radius 1 is 1.26 bits per heavy atom. The number of hydrogen-bond acceptors (Lipinski definition) is 10. The lowest BCUT2D eigenvalue weighted by molar-refractivity contribution is -0.384. The summed E-state index contributed by atoms with van der Waals surface area (Å²) in [5, 5.41) is 34.1. The molecule has 2 aromatic carbocycles. The number of rotatable bonds is 8. The summed E-state index contributed by atoms with van der Waals surface area (Å²) < 4.78 is 0.845. The van der Waals surface area contributed by atoms with E-state index in [-0.39, 0.29) is 35.8 Å². The SMILES string of the molecule is C=C(O)[C@H]1CSC(c2nc3ccc(N(CCCO)C(=O)NNC(=S)Nc4ccc([N+](=O)[O-])cc4)cc3s2)=N1.